The minimum atomic E-state index is -3.93. The SMILES string of the molecule is CCNC(=O)C(C)N(Cc1ccc(Cl)cc1Cl)C(=O)CN(c1cc(Cl)ccc1Cl)S(C)(=O)=O. The lowest BCUT2D eigenvalue weighted by molar-refractivity contribution is -0.139. The first kappa shape index (κ1) is 27.5. The molecule has 1 unspecified atom stereocenters. The Morgan fingerprint density at radius 2 is 1.61 bits per heavy atom. The summed E-state index contributed by atoms with van der Waals surface area (Å²) in [6.07, 6.45) is 0.950. The summed E-state index contributed by atoms with van der Waals surface area (Å²) in [5.41, 5.74) is 0.590. The van der Waals surface area contributed by atoms with Crippen LogP contribution >= 0.6 is 46.4 Å². The van der Waals surface area contributed by atoms with E-state index in [2.05, 4.69) is 5.32 Å². The number of likely N-dealkylation sites (N-methyl/N-ethyl adjacent to an activating group) is 1. The van der Waals surface area contributed by atoms with E-state index < -0.39 is 34.4 Å². The van der Waals surface area contributed by atoms with Crippen molar-refractivity contribution >= 4 is 73.9 Å². The highest BCUT2D eigenvalue weighted by atomic mass is 35.5. The second kappa shape index (κ2) is 11.6. The van der Waals surface area contributed by atoms with Gasteiger partial charge in [-0.2, -0.15) is 0 Å². The standard InChI is InChI=1S/C21H23Cl4N3O4S/c1-4-26-21(30)13(2)27(11-14-5-6-15(22)9-18(14)25)20(29)12-28(33(3,31)32)19-10-16(23)7-8-17(19)24/h5-10,13H,4,11-12H2,1-3H3,(H,26,30). The Bertz CT molecular complexity index is 1140. The fourth-order valence-electron chi connectivity index (χ4n) is 3.01. The van der Waals surface area contributed by atoms with Crippen molar-refractivity contribution in [2.24, 2.45) is 0 Å². The first-order chi connectivity index (χ1) is 15.3. The number of nitrogens with one attached hydrogen (secondary N) is 1. The average Bonchev–Trinajstić information content (AvgIpc) is 2.72. The molecule has 2 rings (SSSR count). The van der Waals surface area contributed by atoms with Crippen LogP contribution < -0.4 is 9.62 Å². The minimum Gasteiger partial charge on any atom is -0.355 e. The van der Waals surface area contributed by atoms with Crippen molar-refractivity contribution in [3.05, 3.63) is 62.1 Å². The largest absolute Gasteiger partial charge is 0.355 e. The van der Waals surface area contributed by atoms with Gasteiger partial charge in [-0.05, 0) is 49.7 Å². The molecule has 2 amide bonds. The summed E-state index contributed by atoms with van der Waals surface area (Å²) in [6, 6.07) is 8.14. The first-order valence-electron chi connectivity index (χ1n) is 9.79. The van der Waals surface area contributed by atoms with Gasteiger partial charge in [0.2, 0.25) is 21.8 Å². The number of rotatable bonds is 9. The molecule has 0 heterocycles. The predicted octanol–water partition coefficient (Wildman–Crippen LogP) is 4.62. The van der Waals surface area contributed by atoms with Crippen molar-refractivity contribution in [2.75, 3.05) is 23.7 Å². The molecule has 0 saturated carbocycles. The van der Waals surface area contributed by atoms with E-state index in [0.717, 1.165) is 10.6 Å². The highest BCUT2D eigenvalue weighted by Gasteiger charge is 2.31. The summed E-state index contributed by atoms with van der Waals surface area (Å²) in [6.45, 7) is 3.01. The van der Waals surface area contributed by atoms with E-state index in [4.69, 9.17) is 46.4 Å². The van der Waals surface area contributed by atoms with Gasteiger partial charge in [-0.25, -0.2) is 8.42 Å². The summed E-state index contributed by atoms with van der Waals surface area (Å²) < 4.78 is 25.9. The number of halogens is 4. The number of carbonyl (C=O) groups excluding carboxylic acids is 2. The molecule has 0 fully saturated rings. The van der Waals surface area contributed by atoms with Crippen LogP contribution in [-0.4, -0.2) is 50.5 Å². The normalized spacial score (nSPS) is 12.2. The van der Waals surface area contributed by atoms with Crippen molar-refractivity contribution in [3.8, 4) is 0 Å². The second-order valence-corrected chi connectivity index (χ2v) is 10.8. The lowest BCUT2D eigenvalue weighted by Crippen LogP contribution is -2.51. The monoisotopic (exact) mass is 553 g/mol. The average molecular weight is 555 g/mol. The Morgan fingerprint density at radius 3 is 2.18 bits per heavy atom. The van der Waals surface area contributed by atoms with Crippen LogP contribution in [0.2, 0.25) is 20.1 Å². The number of amides is 2. The van der Waals surface area contributed by atoms with Gasteiger partial charge in [-0.1, -0.05) is 52.5 Å². The third-order valence-corrected chi connectivity index (χ3v) is 7.00. The lowest BCUT2D eigenvalue weighted by Gasteiger charge is -2.32. The van der Waals surface area contributed by atoms with E-state index in [1.54, 1.807) is 26.0 Å². The molecule has 7 nitrogen and oxygen atoms in total. The van der Waals surface area contributed by atoms with Gasteiger partial charge < -0.3 is 10.2 Å². The molecule has 0 radical (unpaired) electrons. The van der Waals surface area contributed by atoms with Gasteiger partial charge in [0.05, 0.1) is 17.0 Å². The van der Waals surface area contributed by atoms with Crippen LogP contribution in [0.4, 0.5) is 5.69 Å². The second-order valence-electron chi connectivity index (χ2n) is 7.19. The van der Waals surface area contributed by atoms with Gasteiger partial charge >= 0.3 is 0 Å². The van der Waals surface area contributed by atoms with E-state index in [9.17, 15) is 18.0 Å². The van der Waals surface area contributed by atoms with Crippen molar-refractivity contribution < 1.29 is 18.0 Å². The van der Waals surface area contributed by atoms with Crippen LogP contribution in [0.15, 0.2) is 36.4 Å². The molecule has 1 atom stereocenters. The van der Waals surface area contributed by atoms with Crippen LogP contribution in [0.25, 0.3) is 0 Å². The number of carbonyl (C=O) groups is 2. The minimum absolute atomic E-state index is 0.0476. The first-order valence-corrected chi connectivity index (χ1v) is 13.1. The van der Waals surface area contributed by atoms with Gasteiger partial charge in [0, 0.05) is 28.2 Å². The third kappa shape index (κ3) is 7.39. The molecule has 0 aromatic heterocycles. The zero-order chi connectivity index (χ0) is 24.9. The quantitative estimate of drug-likeness (QED) is 0.490. The number of anilines is 1. The predicted molar refractivity (Wildman–Crippen MR) is 134 cm³/mol. The smallest absolute Gasteiger partial charge is 0.244 e. The number of hydrogen-bond donors (Lipinski definition) is 1. The Labute approximate surface area is 213 Å². The molecule has 0 spiro atoms. The van der Waals surface area contributed by atoms with E-state index in [0.29, 0.717) is 22.2 Å². The lowest BCUT2D eigenvalue weighted by atomic mass is 10.1. The Hall–Kier alpha value is -1.71. The number of benzene rings is 2. The van der Waals surface area contributed by atoms with Crippen molar-refractivity contribution in [1.82, 2.24) is 10.2 Å². The number of nitrogens with zero attached hydrogens (tertiary/aromatic N) is 2. The van der Waals surface area contributed by atoms with Gasteiger partial charge in [0.15, 0.2) is 0 Å². The molecule has 0 aliphatic rings. The van der Waals surface area contributed by atoms with Crippen LogP contribution in [0.1, 0.15) is 19.4 Å². The van der Waals surface area contributed by atoms with Gasteiger partial charge in [-0.3, -0.25) is 13.9 Å². The molecule has 1 N–H and O–H groups in total. The topological polar surface area (TPSA) is 86.8 Å². The molecule has 0 saturated heterocycles. The third-order valence-electron chi connectivity index (χ3n) is 4.73. The zero-order valence-corrected chi connectivity index (χ0v) is 22.0. The Morgan fingerprint density at radius 1 is 1.00 bits per heavy atom. The molecule has 12 heteroatoms. The van der Waals surface area contributed by atoms with Gasteiger partial charge in [0.1, 0.15) is 12.6 Å². The van der Waals surface area contributed by atoms with E-state index in [1.165, 1.54) is 29.2 Å². The Balaban J connectivity index is 2.46. The highest BCUT2D eigenvalue weighted by molar-refractivity contribution is 7.92. The van der Waals surface area contributed by atoms with Gasteiger partial charge in [0.25, 0.3) is 0 Å². The molecular formula is C21H23Cl4N3O4S. The van der Waals surface area contributed by atoms with Crippen molar-refractivity contribution in [1.29, 1.82) is 0 Å². The molecule has 33 heavy (non-hydrogen) atoms. The molecule has 0 aliphatic carbocycles. The van der Waals surface area contributed by atoms with Crippen molar-refractivity contribution in [2.45, 2.75) is 26.4 Å². The zero-order valence-electron chi connectivity index (χ0n) is 18.1. The van der Waals surface area contributed by atoms with Crippen LogP contribution in [0.5, 0.6) is 0 Å². The molecule has 2 aromatic carbocycles. The van der Waals surface area contributed by atoms with E-state index >= 15 is 0 Å². The van der Waals surface area contributed by atoms with E-state index in [1.807, 2.05) is 0 Å². The fourth-order valence-corrected chi connectivity index (χ4v) is 4.77. The fraction of sp³-hybridized carbons (Fsp3) is 0.333. The summed E-state index contributed by atoms with van der Waals surface area (Å²) in [4.78, 5) is 27.2. The number of sulfonamides is 1. The summed E-state index contributed by atoms with van der Waals surface area (Å²) in [5, 5.41) is 3.73. The molecular weight excluding hydrogens is 532 g/mol. The maximum Gasteiger partial charge on any atom is 0.244 e. The molecule has 180 valence electrons. The maximum atomic E-state index is 13.4. The highest BCUT2D eigenvalue weighted by Crippen LogP contribution is 2.31. The Kier molecular flexibility index (Phi) is 9.70. The molecule has 0 aliphatic heterocycles. The summed E-state index contributed by atoms with van der Waals surface area (Å²) in [7, 11) is -3.93. The summed E-state index contributed by atoms with van der Waals surface area (Å²) in [5.74, 6) is -1.04. The maximum absolute atomic E-state index is 13.4. The molecule has 2 aromatic rings. The summed E-state index contributed by atoms with van der Waals surface area (Å²) >= 11 is 24.5. The number of hydrogen-bond acceptors (Lipinski definition) is 4. The van der Waals surface area contributed by atoms with E-state index in [-0.39, 0.29) is 22.3 Å². The van der Waals surface area contributed by atoms with Crippen LogP contribution in [0.3, 0.4) is 0 Å². The van der Waals surface area contributed by atoms with Crippen molar-refractivity contribution in [3.63, 3.8) is 0 Å². The van der Waals surface area contributed by atoms with Gasteiger partial charge in [-0.15, -0.1) is 0 Å². The molecule has 0 bridgehead atoms. The van der Waals surface area contributed by atoms with Crippen LogP contribution in [-0.2, 0) is 26.2 Å². The van der Waals surface area contributed by atoms with Crippen LogP contribution in [0, 0.1) is 0 Å².